The second-order valence-corrected chi connectivity index (χ2v) is 5.47. The first-order valence-corrected chi connectivity index (χ1v) is 5.90. The normalized spacial score (nSPS) is 13.8. The predicted molar refractivity (Wildman–Crippen MR) is 58.8 cm³/mol. The first-order valence-electron chi connectivity index (χ1n) is 4.29. The van der Waals surface area contributed by atoms with Gasteiger partial charge in [0.05, 0.1) is 3.79 Å². The molecule has 0 spiro atoms. The molecule has 0 saturated heterocycles. The molecule has 0 aromatic carbocycles. The number of hydrogen-bond donors (Lipinski definition) is 0. The molecule has 1 aromatic rings. The van der Waals surface area contributed by atoms with Crippen LogP contribution in [-0.2, 0) is 12.8 Å². The number of thiophene rings is 1. The Morgan fingerprint density at radius 2 is 2.42 bits per heavy atom. The van der Waals surface area contributed by atoms with Gasteiger partial charge in [-0.3, -0.25) is 0 Å². The van der Waals surface area contributed by atoms with Gasteiger partial charge in [-0.1, -0.05) is 25.5 Å². The van der Waals surface area contributed by atoms with E-state index >= 15 is 0 Å². The molecule has 0 nitrogen and oxygen atoms in total. The highest BCUT2D eigenvalue weighted by Crippen LogP contribution is 2.38. The first kappa shape index (κ1) is 8.52. The Kier molecular flexibility index (Phi) is 2.37. The maximum Gasteiger partial charge on any atom is 0.0776 e. The molecule has 0 fully saturated rings. The lowest BCUT2D eigenvalue weighted by atomic mass is 10.1. The van der Waals surface area contributed by atoms with Gasteiger partial charge in [0.1, 0.15) is 0 Å². The third kappa shape index (κ3) is 1.27. The van der Waals surface area contributed by atoms with E-state index in [-0.39, 0.29) is 0 Å². The van der Waals surface area contributed by atoms with Gasteiger partial charge in [-0.2, -0.15) is 0 Å². The van der Waals surface area contributed by atoms with Gasteiger partial charge in [0, 0.05) is 10.4 Å². The fraction of sp³-hybridized carbons (Fsp3) is 0.400. The average molecular weight is 243 g/mol. The van der Waals surface area contributed by atoms with Gasteiger partial charge < -0.3 is 0 Å². The quantitative estimate of drug-likeness (QED) is 0.735. The molecule has 2 rings (SSSR count). The Balaban J connectivity index is 2.41. The van der Waals surface area contributed by atoms with Crippen molar-refractivity contribution in [2.45, 2.75) is 26.2 Å². The summed E-state index contributed by atoms with van der Waals surface area (Å²) in [6.07, 6.45) is 8.11. The zero-order valence-electron chi connectivity index (χ0n) is 7.06. The summed E-state index contributed by atoms with van der Waals surface area (Å²) in [5.74, 6) is 0. The van der Waals surface area contributed by atoms with Gasteiger partial charge in [0.15, 0.2) is 0 Å². The first-order chi connectivity index (χ1) is 5.83. The van der Waals surface area contributed by atoms with E-state index < -0.39 is 0 Å². The molecule has 0 atom stereocenters. The van der Waals surface area contributed by atoms with Gasteiger partial charge in [-0.05, 0) is 34.3 Å². The van der Waals surface area contributed by atoms with Crippen LogP contribution in [0.5, 0.6) is 0 Å². The average Bonchev–Trinajstić information content (AvgIpc) is 2.58. The van der Waals surface area contributed by atoms with Gasteiger partial charge >= 0.3 is 0 Å². The van der Waals surface area contributed by atoms with Crippen molar-refractivity contribution in [1.82, 2.24) is 0 Å². The van der Waals surface area contributed by atoms with Crippen LogP contribution in [-0.4, -0.2) is 0 Å². The van der Waals surface area contributed by atoms with Crippen molar-refractivity contribution < 1.29 is 0 Å². The molecule has 0 aliphatic heterocycles. The molecule has 0 radical (unpaired) electrons. The number of rotatable bonds is 2. The summed E-state index contributed by atoms with van der Waals surface area (Å²) in [6.45, 7) is 2.24. The zero-order valence-corrected chi connectivity index (χ0v) is 9.46. The van der Waals surface area contributed by atoms with Crippen LogP contribution >= 0.6 is 27.3 Å². The minimum Gasteiger partial charge on any atom is -0.132 e. The van der Waals surface area contributed by atoms with Crippen LogP contribution in [0.1, 0.15) is 29.3 Å². The lowest BCUT2D eigenvalue weighted by molar-refractivity contribution is 0.928. The van der Waals surface area contributed by atoms with Crippen molar-refractivity contribution in [2.24, 2.45) is 0 Å². The Labute approximate surface area is 85.4 Å². The van der Waals surface area contributed by atoms with Crippen LogP contribution in [0.15, 0.2) is 9.86 Å². The van der Waals surface area contributed by atoms with E-state index in [2.05, 4.69) is 35.0 Å². The number of allylic oxidation sites excluding steroid dienone is 1. The highest BCUT2D eigenvalue weighted by atomic mass is 79.9. The van der Waals surface area contributed by atoms with E-state index in [1.165, 1.54) is 22.2 Å². The predicted octanol–water partition coefficient (Wildman–Crippen LogP) is 4.03. The third-order valence-corrected chi connectivity index (χ3v) is 4.18. The van der Waals surface area contributed by atoms with E-state index in [1.807, 2.05) is 11.3 Å². The van der Waals surface area contributed by atoms with Crippen molar-refractivity contribution in [3.05, 3.63) is 25.9 Å². The largest absolute Gasteiger partial charge is 0.132 e. The molecule has 1 aliphatic rings. The zero-order chi connectivity index (χ0) is 8.55. The molecule has 0 saturated carbocycles. The molecule has 0 N–H and O–H groups in total. The maximum absolute atomic E-state index is 3.61. The molecule has 1 heterocycles. The van der Waals surface area contributed by atoms with E-state index in [1.54, 1.807) is 10.4 Å². The Morgan fingerprint density at radius 3 is 3.17 bits per heavy atom. The lowest BCUT2D eigenvalue weighted by Gasteiger charge is -1.95. The minimum absolute atomic E-state index is 1.15. The molecule has 1 aliphatic carbocycles. The SMILES string of the molecule is CCCc1sc(Br)c2c1CC=C2. The fourth-order valence-corrected chi connectivity index (χ4v) is 3.70. The van der Waals surface area contributed by atoms with Crippen molar-refractivity contribution in [3.63, 3.8) is 0 Å². The monoisotopic (exact) mass is 242 g/mol. The Morgan fingerprint density at radius 1 is 1.58 bits per heavy atom. The molecular formula is C10H11BrS. The smallest absolute Gasteiger partial charge is 0.0776 e. The molecule has 0 amide bonds. The van der Waals surface area contributed by atoms with Crippen LogP contribution in [0.4, 0.5) is 0 Å². The summed E-state index contributed by atoms with van der Waals surface area (Å²) in [4.78, 5) is 1.57. The van der Waals surface area contributed by atoms with E-state index in [0.29, 0.717) is 0 Å². The molecule has 0 unspecified atom stereocenters. The fourth-order valence-electron chi connectivity index (χ4n) is 1.61. The summed E-state index contributed by atoms with van der Waals surface area (Å²) < 4.78 is 1.31. The van der Waals surface area contributed by atoms with E-state index in [9.17, 15) is 0 Å². The number of halogens is 1. The summed E-state index contributed by atoms with van der Waals surface area (Å²) in [7, 11) is 0. The maximum atomic E-state index is 3.61. The summed E-state index contributed by atoms with van der Waals surface area (Å²) in [5.41, 5.74) is 3.00. The number of hydrogen-bond acceptors (Lipinski definition) is 1. The highest BCUT2D eigenvalue weighted by Gasteiger charge is 2.16. The molecule has 0 bridgehead atoms. The topological polar surface area (TPSA) is 0 Å². The molecule has 2 heteroatoms. The number of fused-ring (bicyclic) bond motifs is 1. The van der Waals surface area contributed by atoms with E-state index in [4.69, 9.17) is 0 Å². The summed E-state index contributed by atoms with van der Waals surface area (Å²) in [6, 6.07) is 0. The van der Waals surface area contributed by atoms with Gasteiger partial charge in [0.25, 0.3) is 0 Å². The van der Waals surface area contributed by atoms with E-state index in [0.717, 1.165) is 6.42 Å². The van der Waals surface area contributed by atoms with Gasteiger partial charge in [0.2, 0.25) is 0 Å². The highest BCUT2D eigenvalue weighted by molar-refractivity contribution is 9.11. The molecular weight excluding hydrogens is 232 g/mol. The number of aryl methyl sites for hydroxylation is 1. The molecule has 12 heavy (non-hydrogen) atoms. The van der Waals surface area contributed by atoms with Crippen LogP contribution < -0.4 is 0 Å². The van der Waals surface area contributed by atoms with Crippen LogP contribution in [0, 0.1) is 0 Å². The van der Waals surface area contributed by atoms with Crippen LogP contribution in [0.3, 0.4) is 0 Å². The molecule has 1 aromatic heterocycles. The summed E-state index contributed by atoms with van der Waals surface area (Å²) >= 11 is 5.51. The minimum atomic E-state index is 1.15. The Bertz CT molecular complexity index is 323. The second-order valence-electron chi connectivity index (χ2n) is 3.05. The Hall–Kier alpha value is -0.0800. The van der Waals surface area contributed by atoms with Gasteiger partial charge in [-0.25, -0.2) is 0 Å². The van der Waals surface area contributed by atoms with Crippen LogP contribution in [0.2, 0.25) is 0 Å². The van der Waals surface area contributed by atoms with Crippen LogP contribution in [0.25, 0.3) is 6.08 Å². The van der Waals surface area contributed by atoms with Crippen molar-refractivity contribution >= 4 is 33.3 Å². The lowest BCUT2D eigenvalue weighted by Crippen LogP contribution is -1.84. The standard InChI is InChI=1S/C10H11BrS/c1-2-4-9-7-5-3-6-8(7)10(11)12-9/h3,6H,2,4-5H2,1H3. The van der Waals surface area contributed by atoms with Crippen molar-refractivity contribution in [2.75, 3.05) is 0 Å². The van der Waals surface area contributed by atoms with Crippen molar-refractivity contribution in [3.8, 4) is 0 Å². The summed E-state index contributed by atoms with van der Waals surface area (Å²) in [5, 5.41) is 0. The second kappa shape index (κ2) is 3.35. The third-order valence-electron chi connectivity index (χ3n) is 2.17. The van der Waals surface area contributed by atoms with Gasteiger partial charge in [-0.15, -0.1) is 11.3 Å². The van der Waals surface area contributed by atoms with Crippen molar-refractivity contribution in [1.29, 1.82) is 0 Å². The molecule has 64 valence electrons.